The summed E-state index contributed by atoms with van der Waals surface area (Å²) >= 11 is 0. The van der Waals surface area contributed by atoms with E-state index in [9.17, 15) is 13.6 Å². The van der Waals surface area contributed by atoms with Gasteiger partial charge in [0.1, 0.15) is 0 Å². The lowest BCUT2D eigenvalue weighted by atomic mass is 10.2. The second kappa shape index (κ2) is 4.10. The Bertz CT molecular complexity index is 141. The van der Waals surface area contributed by atoms with Crippen molar-refractivity contribution in [2.24, 2.45) is 5.73 Å². The Kier molecular flexibility index (Phi) is 3.78. The lowest BCUT2D eigenvalue weighted by Crippen LogP contribution is -2.44. The Morgan fingerprint density at radius 2 is 2.09 bits per heavy atom. The summed E-state index contributed by atoms with van der Waals surface area (Å²) in [4.78, 5) is 11.3. The first-order valence-electron chi connectivity index (χ1n) is 3.31. The minimum Gasteiger partial charge on any atom is -0.351 e. The molecule has 0 saturated heterocycles. The number of urea groups is 1. The van der Waals surface area contributed by atoms with Gasteiger partial charge >= 0.3 is 6.03 Å². The highest BCUT2D eigenvalue weighted by Gasteiger charge is 2.24. The predicted octanol–water partition coefficient (Wildman–Crippen LogP) is 1.04. The zero-order valence-electron chi connectivity index (χ0n) is 6.55. The van der Waals surface area contributed by atoms with Crippen molar-refractivity contribution in [2.75, 3.05) is 7.05 Å². The maximum atomic E-state index is 12.1. The van der Waals surface area contributed by atoms with Crippen molar-refractivity contribution in [1.82, 2.24) is 4.90 Å². The highest BCUT2D eigenvalue weighted by molar-refractivity contribution is 5.72. The fraction of sp³-hybridized carbons (Fsp3) is 0.833. The van der Waals surface area contributed by atoms with Gasteiger partial charge in [-0.05, 0) is 6.42 Å². The van der Waals surface area contributed by atoms with Crippen LogP contribution in [0.3, 0.4) is 0 Å². The summed E-state index contributed by atoms with van der Waals surface area (Å²) in [6.45, 7) is 1.58. The summed E-state index contributed by atoms with van der Waals surface area (Å²) in [6, 6.07) is -1.88. The maximum Gasteiger partial charge on any atom is 0.314 e. The third-order valence-electron chi connectivity index (χ3n) is 1.55. The highest BCUT2D eigenvalue weighted by atomic mass is 19.3. The molecule has 0 heterocycles. The number of carbonyl (C=O) groups excluding carboxylic acids is 1. The van der Waals surface area contributed by atoms with Crippen molar-refractivity contribution < 1.29 is 13.6 Å². The number of rotatable bonds is 3. The van der Waals surface area contributed by atoms with Crippen LogP contribution in [0.15, 0.2) is 0 Å². The molecule has 0 aromatic heterocycles. The molecule has 2 N–H and O–H groups in total. The monoisotopic (exact) mass is 166 g/mol. The summed E-state index contributed by atoms with van der Waals surface area (Å²) < 4.78 is 24.1. The van der Waals surface area contributed by atoms with E-state index in [0.29, 0.717) is 0 Å². The topological polar surface area (TPSA) is 46.3 Å². The van der Waals surface area contributed by atoms with Crippen LogP contribution in [0.2, 0.25) is 0 Å². The Labute approximate surface area is 64.2 Å². The zero-order valence-corrected chi connectivity index (χ0v) is 6.55. The fourth-order valence-electron chi connectivity index (χ4n) is 0.785. The first-order chi connectivity index (χ1) is 5.00. The number of carbonyl (C=O) groups is 1. The van der Waals surface area contributed by atoms with Gasteiger partial charge in [0, 0.05) is 7.05 Å². The van der Waals surface area contributed by atoms with E-state index in [1.165, 1.54) is 7.05 Å². The van der Waals surface area contributed by atoms with Gasteiger partial charge in [-0.2, -0.15) is 0 Å². The Morgan fingerprint density at radius 3 is 2.18 bits per heavy atom. The van der Waals surface area contributed by atoms with Crippen LogP contribution in [-0.4, -0.2) is 30.4 Å². The number of hydrogen-bond donors (Lipinski definition) is 1. The molecule has 11 heavy (non-hydrogen) atoms. The number of alkyl halides is 2. The molecule has 0 fully saturated rings. The second-order valence-corrected chi connectivity index (χ2v) is 2.26. The summed E-state index contributed by atoms with van der Waals surface area (Å²) in [5.41, 5.74) is 4.80. The standard InChI is InChI=1S/C6H12F2N2O/c1-3-4(5(7)8)10(2)6(9)11/h4-5H,3H2,1-2H3,(H2,9,11). The van der Waals surface area contributed by atoms with E-state index in [1.54, 1.807) is 6.92 Å². The van der Waals surface area contributed by atoms with Crippen molar-refractivity contribution in [3.63, 3.8) is 0 Å². The molecule has 0 aliphatic carbocycles. The fourth-order valence-corrected chi connectivity index (χ4v) is 0.785. The first kappa shape index (κ1) is 10.1. The van der Waals surface area contributed by atoms with Gasteiger partial charge in [0.15, 0.2) is 0 Å². The van der Waals surface area contributed by atoms with Gasteiger partial charge in [-0.15, -0.1) is 0 Å². The molecule has 1 atom stereocenters. The van der Waals surface area contributed by atoms with Crippen LogP contribution in [0.25, 0.3) is 0 Å². The summed E-state index contributed by atoms with van der Waals surface area (Å²) in [6.07, 6.45) is -2.32. The maximum absolute atomic E-state index is 12.1. The second-order valence-electron chi connectivity index (χ2n) is 2.26. The van der Waals surface area contributed by atoms with Crippen molar-refractivity contribution in [2.45, 2.75) is 25.8 Å². The minimum atomic E-state index is -2.53. The largest absolute Gasteiger partial charge is 0.351 e. The number of hydrogen-bond acceptors (Lipinski definition) is 1. The molecule has 0 aliphatic heterocycles. The Balaban J connectivity index is 4.13. The van der Waals surface area contributed by atoms with Crippen LogP contribution in [-0.2, 0) is 0 Å². The first-order valence-corrected chi connectivity index (χ1v) is 3.31. The van der Waals surface area contributed by atoms with E-state index in [2.05, 4.69) is 0 Å². The molecule has 2 amide bonds. The van der Waals surface area contributed by atoms with Gasteiger partial charge in [-0.1, -0.05) is 6.92 Å². The lowest BCUT2D eigenvalue weighted by molar-refractivity contribution is 0.0522. The molecule has 0 saturated carbocycles. The Morgan fingerprint density at radius 1 is 1.64 bits per heavy atom. The minimum absolute atomic E-state index is 0.205. The SMILES string of the molecule is CCC(C(F)F)N(C)C(N)=O. The van der Waals surface area contributed by atoms with E-state index in [0.717, 1.165) is 4.90 Å². The third-order valence-corrected chi connectivity index (χ3v) is 1.55. The van der Waals surface area contributed by atoms with E-state index >= 15 is 0 Å². The van der Waals surface area contributed by atoms with Gasteiger partial charge in [0.05, 0.1) is 6.04 Å². The Hall–Kier alpha value is -0.870. The summed E-state index contributed by atoms with van der Waals surface area (Å²) in [5.74, 6) is 0. The molecule has 3 nitrogen and oxygen atoms in total. The normalized spacial score (nSPS) is 13.2. The van der Waals surface area contributed by atoms with Crippen LogP contribution >= 0.6 is 0 Å². The number of halogens is 2. The van der Waals surface area contributed by atoms with Crippen LogP contribution in [0, 0.1) is 0 Å². The molecule has 5 heteroatoms. The molecule has 1 unspecified atom stereocenters. The van der Waals surface area contributed by atoms with E-state index in [1.807, 2.05) is 0 Å². The van der Waals surface area contributed by atoms with Crippen LogP contribution in [0.1, 0.15) is 13.3 Å². The van der Waals surface area contributed by atoms with Crippen LogP contribution < -0.4 is 5.73 Å². The highest BCUT2D eigenvalue weighted by Crippen LogP contribution is 2.10. The third kappa shape index (κ3) is 2.69. The van der Waals surface area contributed by atoms with Gasteiger partial charge in [0.2, 0.25) is 0 Å². The van der Waals surface area contributed by atoms with E-state index in [4.69, 9.17) is 5.73 Å². The molecular formula is C6H12F2N2O. The molecule has 66 valence electrons. The smallest absolute Gasteiger partial charge is 0.314 e. The molecule has 0 aliphatic rings. The van der Waals surface area contributed by atoms with Crippen molar-refractivity contribution in [3.8, 4) is 0 Å². The quantitative estimate of drug-likeness (QED) is 0.669. The van der Waals surface area contributed by atoms with Gasteiger partial charge in [0.25, 0.3) is 6.43 Å². The summed E-state index contributed by atoms with van der Waals surface area (Å²) in [7, 11) is 1.27. The van der Waals surface area contributed by atoms with Gasteiger partial charge < -0.3 is 10.6 Å². The van der Waals surface area contributed by atoms with Crippen LogP contribution in [0.5, 0.6) is 0 Å². The predicted molar refractivity (Wildman–Crippen MR) is 37.4 cm³/mol. The molecule has 0 spiro atoms. The van der Waals surface area contributed by atoms with Crippen LogP contribution in [0.4, 0.5) is 13.6 Å². The lowest BCUT2D eigenvalue weighted by Gasteiger charge is -2.24. The van der Waals surface area contributed by atoms with E-state index < -0.39 is 18.5 Å². The molecule has 0 radical (unpaired) electrons. The van der Waals surface area contributed by atoms with Crippen molar-refractivity contribution in [3.05, 3.63) is 0 Å². The van der Waals surface area contributed by atoms with E-state index in [-0.39, 0.29) is 6.42 Å². The molecule has 0 aromatic rings. The number of nitrogens with two attached hydrogens (primary N) is 1. The van der Waals surface area contributed by atoms with Crippen molar-refractivity contribution in [1.29, 1.82) is 0 Å². The van der Waals surface area contributed by atoms with Gasteiger partial charge in [-0.25, -0.2) is 13.6 Å². The summed E-state index contributed by atoms with van der Waals surface area (Å²) in [5, 5.41) is 0. The van der Waals surface area contributed by atoms with Crippen molar-refractivity contribution >= 4 is 6.03 Å². The number of nitrogens with zero attached hydrogens (tertiary/aromatic N) is 1. The molecule has 0 rings (SSSR count). The molecule has 0 aromatic carbocycles. The molecular weight excluding hydrogens is 154 g/mol. The van der Waals surface area contributed by atoms with Gasteiger partial charge in [-0.3, -0.25) is 0 Å². The average Bonchev–Trinajstić information content (AvgIpc) is 1.88. The number of amides is 2. The number of primary amides is 1. The molecule has 0 bridgehead atoms. The average molecular weight is 166 g/mol. The zero-order chi connectivity index (χ0) is 9.02.